The Morgan fingerprint density at radius 3 is 1.79 bits per heavy atom. The SMILES string of the molecule is CC[C@@H]1C[C@H](O[C@H]2C[C@@H](CC)[C@@H](c3nnc4cnc5[nH]ccc5n34)C2)C[C@@H]1c1nnc2cnc3[nH]ccc3n12.CN(C)CCNC(=O)O. The van der Waals surface area contributed by atoms with Crippen LogP contribution < -0.4 is 5.32 Å². The molecule has 2 aliphatic carbocycles. The number of rotatable bonds is 9. The predicted molar refractivity (Wildman–Crippen MR) is 180 cm³/mol. The van der Waals surface area contributed by atoms with Crippen molar-refractivity contribution in [1.82, 2.24) is 59.3 Å². The van der Waals surface area contributed by atoms with Gasteiger partial charge in [0.05, 0.1) is 35.6 Å². The molecule has 48 heavy (non-hydrogen) atoms. The van der Waals surface area contributed by atoms with Gasteiger partial charge in [-0.05, 0) is 63.7 Å². The first-order valence-corrected chi connectivity index (χ1v) is 17.0. The van der Waals surface area contributed by atoms with E-state index in [2.05, 4.69) is 80.4 Å². The van der Waals surface area contributed by atoms with Crippen LogP contribution in [-0.4, -0.2) is 105 Å². The average Bonchev–Trinajstić information content (AvgIpc) is 3.91. The highest BCUT2D eigenvalue weighted by molar-refractivity contribution is 5.75. The molecule has 15 nitrogen and oxygen atoms in total. The Balaban J connectivity index is 0.000000359. The molecule has 0 radical (unpaired) electrons. The van der Waals surface area contributed by atoms with Crippen LogP contribution >= 0.6 is 0 Å². The van der Waals surface area contributed by atoms with E-state index < -0.39 is 6.09 Å². The Morgan fingerprint density at radius 1 is 0.854 bits per heavy atom. The monoisotopic (exact) mass is 656 g/mol. The van der Waals surface area contributed by atoms with E-state index in [4.69, 9.17) is 9.84 Å². The zero-order valence-corrected chi connectivity index (χ0v) is 27.9. The van der Waals surface area contributed by atoms with E-state index in [-0.39, 0.29) is 12.2 Å². The van der Waals surface area contributed by atoms with Crippen molar-refractivity contribution >= 4 is 39.7 Å². The van der Waals surface area contributed by atoms with Crippen LogP contribution in [0.1, 0.15) is 75.9 Å². The minimum atomic E-state index is -0.961. The number of aromatic nitrogens is 10. The van der Waals surface area contributed by atoms with Crippen LogP contribution in [0.2, 0.25) is 0 Å². The van der Waals surface area contributed by atoms with Crippen molar-refractivity contribution in [2.24, 2.45) is 11.8 Å². The molecule has 254 valence electrons. The molecule has 0 bridgehead atoms. The number of aromatic amines is 2. The number of carboxylic acid groups (broad SMARTS) is 1. The highest BCUT2D eigenvalue weighted by Crippen LogP contribution is 2.47. The fourth-order valence-electron chi connectivity index (χ4n) is 7.84. The van der Waals surface area contributed by atoms with E-state index >= 15 is 0 Å². The Kier molecular flexibility index (Phi) is 8.96. The van der Waals surface area contributed by atoms with E-state index in [1.165, 1.54) is 0 Å². The molecule has 0 saturated heterocycles. The van der Waals surface area contributed by atoms with Gasteiger partial charge in [-0.25, -0.2) is 14.8 Å². The molecule has 6 heterocycles. The Bertz CT molecular complexity index is 1880. The summed E-state index contributed by atoms with van der Waals surface area (Å²) in [5.74, 6) is 3.71. The van der Waals surface area contributed by atoms with Crippen molar-refractivity contribution in [3.8, 4) is 0 Å². The van der Waals surface area contributed by atoms with Gasteiger partial charge >= 0.3 is 6.09 Å². The van der Waals surface area contributed by atoms with Crippen molar-refractivity contribution in [3.63, 3.8) is 0 Å². The van der Waals surface area contributed by atoms with E-state index in [9.17, 15) is 4.79 Å². The molecule has 2 aliphatic rings. The number of H-pyrrole nitrogens is 2. The van der Waals surface area contributed by atoms with Crippen LogP contribution in [0.15, 0.2) is 36.9 Å². The van der Waals surface area contributed by atoms with Gasteiger partial charge in [-0.15, -0.1) is 20.4 Å². The second-order valence-electron chi connectivity index (χ2n) is 13.4. The number of hydrogen-bond donors (Lipinski definition) is 4. The largest absolute Gasteiger partial charge is 0.465 e. The molecule has 0 unspecified atom stereocenters. The van der Waals surface area contributed by atoms with Crippen LogP contribution in [0.5, 0.6) is 0 Å². The van der Waals surface area contributed by atoms with Crippen molar-refractivity contribution in [2.75, 3.05) is 27.2 Å². The number of likely N-dealkylation sites (N-methyl/N-ethyl adjacent to an activating group) is 1. The summed E-state index contributed by atoms with van der Waals surface area (Å²) < 4.78 is 11.3. The first kappa shape index (κ1) is 31.9. The summed E-state index contributed by atoms with van der Waals surface area (Å²) in [5.41, 5.74) is 5.38. The number of nitrogens with one attached hydrogen (secondary N) is 3. The normalized spacial score (nSPS) is 24.3. The molecule has 1 amide bonds. The number of fused-ring (bicyclic) bond motifs is 6. The molecule has 0 aromatic carbocycles. The van der Waals surface area contributed by atoms with Crippen LogP contribution in [0.25, 0.3) is 33.6 Å². The van der Waals surface area contributed by atoms with Crippen molar-refractivity contribution in [2.45, 2.75) is 76.4 Å². The molecule has 0 spiro atoms. The maximum Gasteiger partial charge on any atom is 0.404 e. The van der Waals surface area contributed by atoms with Gasteiger partial charge in [0.1, 0.15) is 11.6 Å². The van der Waals surface area contributed by atoms with Gasteiger partial charge in [0.2, 0.25) is 0 Å². The molecule has 0 aliphatic heterocycles. The van der Waals surface area contributed by atoms with E-state index in [0.29, 0.717) is 30.2 Å². The van der Waals surface area contributed by atoms with Gasteiger partial charge in [0, 0.05) is 37.3 Å². The van der Waals surface area contributed by atoms with Gasteiger partial charge in [0.25, 0.3) is 0 Å². The van der Waals surface area contributed by atoms with Gasteiger partial charge < -0.3 is 30.0 Å². The fraction of sp³-hybridized carbons (Fsp3) is 0.545. The average molecular weight is 657 g/mol. The fourth-order valence-corrected chi connectivity index (χ4v) is 7.84. The number of carbonyl (C=O) groups is 1. The third-order valence-corrected chi connectivity index (χ3v) is 10.2. The lowest BCUT2D eigenvalue weighted by molar-refractivity contribution is -0.00877. The summed E-state index contributed by atoms with van der Waals surface area (Å²) in [5, 5.41) is 28.6. The second kappa shape index (κ2) is 13.5. The first-order chi connectivity index (χ1) is 23.3. The maximum absolute atomic E-state index is 9.85. The summed E-state index contributed by atoms with van der Waals surface area (Å²) in [4.78, 5) is 27.2. The van der Waals surface area contributed by atoms with Gasteiger partial charge in [-0.1, -0.05) is 26.7 Å². The first-order valence-electron chi connectivity index (χ1n) is 17.0. The summed E-state index contributed by atoms with van der Waals surface area (Å²) in [6.45, 7) is 5.79. The zero-order chi connectivity index (χ0) is 33.4. The van der Waals surface area contributed by atoms with Gasteiger partial charge in [-0.3, -0.25) is 8.80 Å². The maximum atomic E-state index is 9.85. The Labute approximate surface area is 277 Å². The number of amides is 1. The van der Waals surface area contributed by atoms with Crippen molar-refractivity contribution < 1.29 is 14.6 Å². The molecule has 2 saturated carbocycles. The lowest BCUT2D eigenvalue weighted by Crippen LogP contribution is -2.29. The molecular formula is C33H44N12O3. The van der Waals surface area contributed by atoms with Crippen LogP contribution in [0.4, 0.5) is 4.79 Å². The number of nitrogens with zero attached hydrogens (tertiary/aromatic N) is 9. The summed E-state index contributed by atoms with van der Waals surface area (Å²) in [7, 11) is 3.78. The van der Waals surface area contributed by atoms with Crippen LogP contribution in [0.3, 0.4) is 0 Å². The lowest BCUT2D eigenvalue weighted by atomic mass is 9.93. The van der Waals surface area contributed by atoms with Crippen LogP contribution in [-0.2, 0) is 4.74 Å². The molecule has 6 aromatic heterocycles. The summed E-state index contributed by atoms with van der Waals surface area (Å²) in [6, 6.07) is 4.11. The molecule has 6 atom stereocenters. The predicted octanol–water partition coefficient (Wildman–Crippen LogP) is 4.60. The van der Waals surface area contributed by atoms with Gasteiger partial charge in [0.15, 0.2) is 22.6 Å². The third-order valence-electron chi connectivity index (χ3n) is 10.2. The standard InChI is InChI=1S/C28H32N10O.C5H12N2O2/c1-3-15-9-17(11-19(15)27-35-33-23-13-31-25-21(37(23)27)5-7-29-25)39-18-10-16(4-2)20(12-18)28-36-34-24-14-32-26-22(38(24)28)6-8-30-26;1-7(2)4-3-6-5(8)9/h5-8,13-20,29-30H,3-4,9-12H2,1-2H3;6H,3-4H2,1-2H3,(H,8,9)/t15-,16-,17+,18+,19+,20+;/m1./s1. The molecule has 15 heteroatoms. The highest BCUT2D eigenvalue weighted by Gasteiger charge is 2.42. The van der Waals surface area contributed by atoms with Crippen molar-refractivity contribution in [1.29, 1.82) is 0 Å². The zero-order valence-electron chi connectivity index (χ0n) is 27.9. The highest BCUT2D eigenvalue weighted by atomic mass is 16.5. The molecule has 8 rings (SSSR count). The minimum Gasteiger partial charge on any atom is -0.465 e. The van der Waals surface area contributed by atoms with E-state index in [1.807, 2.05) is 31.4 Å². The third kappa shape index (κ3) is 6.07. The molecule has 4 N–H and O–H groups in total. The van der Waals surface area contributed by atoms with Gasteiger partial charge in [-0.2, -0.15) is 0 Å². The second-order valence-corrected chi connectivity index (χ2v) is 13.4. The lowest BCUT2D eigenvalue weighted by Gasteiger charge is -2.18. The quantitative estimate of drug-likeness (QED) is 0.172. The Morgan fingerprint density at radius 2 is 1.35 bits per heavy atom. The topological polar surface area (TPSA) is 180 Å². The van der Waals surface area contributed by atoms with E-state index in [0.717, 1.165) is 90.3 Å². The summed E-state index contributed by atoms with van der Waals surface area (Å²) in [6.07, 6.45) is 13.2. The van der Waals surface area contributed by atoms with Crippen molar-refractivity contribution in [3.05, 3.63) is 48.6 Å². The van der Waals surface area contributed by atoms with Crippen LogP contribution in [0, 0.1) is 11.8 Å². The molecule has 6 aromatic rings. The molecular weight excluding hydrogens is 612 g/mol. The smallest absolute Gasteiger partial charge is 0.404 e. The summed E-state index contributed by atoms with van der Waals surface area (Å²) >= 11 is 0. The number of ether oxygens (including phenoxy) is 1. The van der Waals surface area contributed by atoms with E-state index in [1.54, 1.807) is 12.4 Å². The minimum absolute atomic E-state index is 0.216. The Hall–Kier alpha value is -4.63. The number of hydrogen-bond acceptors (Lipinski definition) is 9. The molecule has 2 fully saturated rings.